The van der Waals surface area contributed by atoms with Crippen LogP contribution < -0.4 is 5.32 Å². The molecule has 1 aromatic heterocycles. The molecule has 0 saturated heterocycles. The molecule has 0 bridgehead atoms. The smallest absolute Gasteiger partial charge is 0.0641 e. The molecule has 2 aromatic rings. The lowest BCUT2D eigenvalue weighted by atomic mass is 9.99. The van der Waals surface area contributed by atoms with Crippen LogP contribution in [0.3, 0.4) is 0 Å². The van der Waals surface area contributed by atoms with Crippen LogP contribution in [0.2, 0.25) is 5.02 Å². The normalized spacial score (nSPS) is 12.6. The van der Waals surface area contributed by atoms with Crippen molar-refractivity contribution in [3.8, 4) is 0 Å². The monoisotopic (exact) mass is 291 g/mol. The standard InChI is InChI=1S/C16H22ClN3/c1-4-9-18-16(15-11-20(3)19-12(15)2)10-13-5-7-14(17)8-6-13/h5-8,11,16,18H,4,9-10H2,1-3H3. The van der Waals surface area contributed by atoms with Crippen molar-refractivity contribution in [2.45, 2.75) is 32.7 Å². The number of aromatic nitrogens is 2. The summed E-state index contributed by atoms with van der Waals surface area (Å²) < 4.78 is 1.88. The lowest BCUT2D eigenvalue weighted by molar-refractivity contribution is 0.527. The van der Waals surface area contributed by atoms with Crippen LogP contribution in [0.25, 0.3) is 0 Å². The van der Waals surface area contributed by atoms with Crippen molar-refractivity contribution in [2.24, 2.45) is 7.05 Å². The first-order valence-electron chi connectivity index (χ1n) is 7.08. The summed E-state index contributed by atoms with van der Waals surface area (Å²) in [6.07, 6.45) is 4.18. The van der Waals surface area contributed by atoms with Crippen LogP contribution in [-0.4, -0.2) is 16.3 Å². The van der Waals surface area contributed by atoms with Crippen molar-refractivity contribution >= 4 is 11.6 Å². The third-order valence-electron chi connectivity index (χ3n) is 3.42. The molecule has 4 heteroatoms. The zero-order chi connectivity index (χ0) is 14.5. The van der Waals surface area contributed by atoms with Gasteiger partial charge in [-0.2, -0.15) is 5.10 Å². The largest absolute Gasteiger partial charge is 0.310 e. The SMILES string of the molecule is CCCNC(Cc1ccc(Cl)cc1)c1cn(C)nc1C. The van der Waals surface area contributed by atoms with Gasteiger partial charge in [-0.15, -0.1) is 0 Å². The second kappa shape index (κ2) is 6.91. The summed E-state index contributed by atoms with van der Waals surface area (Å²) in [6, 6.07) is 8.38. The van der Waals surface area contributed by atoms with E-state index in [-0.39, 0.29) is 0 Å². The summed E-state index contributed by atoms with van der Waals surface area (Å²) in [5.74, 6) is 0. The van der Waals surface area contributed by atoms with Crippen molar-refractivity contribution in [1.29, 1.82) is 0 Å². The Morgan fingerprint density at radius 3 is 2.55 bits per heavy atom. The Bertz CT molecular complexity index is 545. The van der Waals surface area contributed by atoms with Crippen LogP contribution in [0.5, 0.6) is 0 Å². The minimum absolute atomic E-state index is 0.296. The fourth-order valence-corrected chi connectivity index (χ4v) is 2.55. The Hall–Kier alpha value is -1.32. The molecule has 108 valence electrons. The molecule has 0 amide bonds. The van der Waals surface area contributed by atoms with Crippen molar-refractivity contribution in [1.82, 2.24) is 15.1 Å². The molecule has 1 aromatic carbocycles. The van der Waals surface area contributed by atoms with E-state index in [4.69, 9.17) is 11.6 Å². The summed E-state index contributed by atoms with van der Waals surface area (Å²) in [5, 5.41) is 8.85. The molecular weight excluding hydrogens is 270 g/mol. The van der Waals surface area contributed by atoms with Crippen molar-refractivity contribution in [2.75, 3.05) is 6.54 Å². The first-order valence-corrected chi connectivity index (χ1v) is 7.46. The molecule has 1 atom stereocenters. The Morgan fingerprint density at radius 2 is 2.00 bits per heavy atom. The predicted molar refractivity (Wildman–Crippen MR) is 84.1 cm³/mol. The average Bonchev–Trinajstić information content (AvgIpc) is 2.76. The first-order chi connectivity index (χ1) is 9.60. The van der Waals surface area contributed by atoms with Gasteiger partial charge in [-0.05, 0) is 44.0 Å². The second-order valence-corrected chi connectivity index (χ2v) is 5.62. The number of nitrogens with one attached hydrogen (secondary N) is 1. The van der Waals surface area contributed by atoms with E-state index in [1.807, 2.05) is 23.9 Å². The number of aryl methyl sites for hydroxylation is 2. The summed E-state index contributed by atoms with van der Waals surface area (Å²) in [7, 11) is 1.97. The lowest BCUT2D eigenvalue weighted by Gasteiger charge is -2.18. The van der Waals surface area contributed by atoms with Crippen LogP contribution in [-0.2, 0) is 13.5 Å². The average molecular weight is 292 g/mol. The van der Waals surface area contributed by atoms with E-state index in [0.717, 1.165) is 30.1 Å². The number of rotatable bonds is 6. The maximum absolute atomic E-state index is 5.95. The van der Waals surface area contributed by atoms with Gasteiger partial charge in [0.1, 0.15) is 0 Å². The molecular formula is C16H22ClN3. The number of hydrogen-bond acceptors (Lipinski definition) is 2. The highest BCUT2D eigenvalue weighted by atomic mass is 35.5. The third-order valence-corrected chi connectivity index (χ3v) is 3.67. The van der Waals surface area contributed by atoms with Gasteiger partial charge >= 0.3 is 0 Å². The van der Waals surface area contributed by atoms with E-state index in [1.54, 1.807) is 0 Å². The van der Waals surface area contributed by atoms with Crippen molar-refractivity contribution in [3.63, 3.8) is 0 Å². The molecule has 0 aliphatic heterocycles. The fraction of sp³-hybridized carbons (Fsp3) is 0.438. The van der Waals surface area contributed by atoms with E-state index >= 15 is 0 Å². The molecule has 1 N–H and O–H groups in total. The van der Waals surface area contributed by atoms with E-state index in [9.17, 15) is 0 Å². The predicted octanol–water partition coefficient (Wildman–Crippen LogP) is 3.67. The molecule has 2 rings (SSSR count). The maximum atomic E-state index is 5.95. The maximum Gasteiger partial charge on any atom is 0.0641 e. The van der Waals surface area contributed by atoms with Crippen LogP contribution in [0.4, 0.5) is 0 Å². The van der Waals surface area contributed by atoms with Gasteiger partial charge in [0.25, 0.3) is 0 Å². The van der Waals surface area contributed by atoms with Crippen LogP contribution >= 0.6 is 11.6 Å². The number of nitrogens with zero attached hydrogens (tertiary/aromatic N) is 2. The van der Waals surface area contributed by atoms with E-state index in [0.29, 0.717) is 6.04 Å². The molecule has 20 heavy (non-hydrogen) atoms. The van der Waals surface area contributed by atoms with Crippen LogP contribution in [0, 0.1) is 6.92 Å². The lowest BCUT2D eigenvalue weighted by Crippen LogP contribution is -2.24. The molecule has 1 heterocycles. The van der Waals surface area contributed by atoms with Gasteiger partial charge in [-0.3, -0.25) is 4.68 Å². The molecule has 0 spiro atoms. The number of halogens is 1. The zero-order valence-electron chi connectivity index (χ0n) is 12.4. The van der Waals surface area contributed by atoms with Gasteiger partial charge < -0.3 is 5.32 Å². The minimum Gasteiger partial charge on any atom is -0.310 e. The van der Waals surface area contributed by atoms with Gasteiger partial charge in [0.2, 0.25) is 0 Å². The van der Waals surface area contributed by atoms with E-state index in [1.165, 1.54) is 11.1 Å². The zero-order valence-corrected chi connectivity index (χ0v) is 13.1. The summed E-state index contributed by atoms with van der Waals surface area (Å²) in [6.45, 7) is 5.26. The number of benzene rings is 1. The fourth-order valence-electron chi connectivity index (χ4n) is 2.43. The van der Waals surface area contributed by atoms with E-state index < -0.39 is 0 Å². The van der Waals surface area contributed by atoms with Gasteiger partial charge in [0, 0.05) is 29.9 Å². The third kappa shape index (κ3) is 3.84. The van der Waals surface area contributed by atoms with Crippen molar-refractivity contribution in [3.05, 3.63) is 52.3 Å². The summed E-state index contributed by atoms with van der Waals surface area (Å²) in [5.41, 5.74) is 3.65. The van der Waals surface area contributed by atoms with Crippen LogP contribution in [0.15, 0.2) is 30.5 Å². The molecule has 0 radical (unpaired) electrons. The molecule has 0 saturated carbocycles. The highest BCUT2D eigenvalue weighted by molar-refractivity contribution is 6.30. The van der Waals surface area contributed by atoms with Crippen molar-refractivity contribution < 1.29 is 0 Å². The molecule has 3 nitrogen and oxygen atoms in total. The van der Waals surface area contributed by atoms with Crippen LogP contribution in [0.1, 0.15) is 36.2 Å². The quantitative estimate of drug-likeness (QED) is 0.880. The van der Waals surface area contributed by atoms with Gasteiger partial charge in [0.05, 0.1) is 5.69 Å². The molecule has 0 aliphatic carbocycles. The van der Waals surface area contributed by atoms with Gasteiger partial charge in [0.15, 0.2) is 0 Å². The molecule has 0 fully saturated rings. The highest BCUT2D eigenvalue weighted by Gasteiger charge is 2.16. The summed E-state index contributed by atoms with van der Waals surface area (Å²) in [4.78, 5) is 0. The van der Waals surface area contributed by atoms with Gasteiger partial charge in [-0.25, -0.2) is 0 Å². The Kier molecular flexibility index (Phi) is 5.21. The van der Waals surface area contributed by atoms with Gasteiger partial charge in [-0.1, -0.05) is 30.7 Å². The topological polar surface area (TPSA) is 29.9 Å². The molecule has 1 unspecified atom stereocenters. The summed E-state index contributed by atoms with van der Waals surface area (Å²) >= 11 is 5.95. The second-order valence-electron chi connectivity index (χ2n) is 5.18. The Balaban J connectivity index is 2.19. The Labute approximate surface area is 126 Å². The first kappa shape index (κ1) is 15.1. The number of hydrogen-bond donors (Lipinski definition) is 1. The van der Waals surface area contributed by atoms with E-state index in [2.05, 4.69) is 42.6 Å². The minimum atomic E-state index is 0.296. The Morgan fingerprint density at radius 1 is 1.30 bits per heavy atom. The molecule has 0 aliphatic rings. The highest BCUT2D eigenvalue weighted by Crippen LogP contribution is 2.22.